The smallest absolute Gasteiger partial charge is 0.269 e. The lowest BCUT2D eigenvalue weighted by atomic mass is 10.1. The Morgan fingerprint density at radius 2 is 2.20 bits per heavy atom. The van der Waals surface area contributed by atoms with E-state index in [1.165, 1.54) is 18.2 Å². The first-order chi connectivity index (χ1) is 9.40. The molecule has 0 saturated carbocycles. The third-order valence-electron chi connectivity index (χ3n) is 3.28. The molecule has 0 spiro atoms. The van der Waals surface area contributed by atoms with Crippen molar-refractivity contribution in [3.8, 4) is 0 Å². The summed E-state index contributed by atoms with van der Waals surface area (Å²) in [4.78, 5) is 10.2. The summed E-state index contributed by atoms with van der Waals surface area (Å²) < 4.78 is 27.2. The summed E-state index contributed by atoms with van der Waals surface area (Å²) in [5.41, 5.74) is 0.260. The third kappa shape index (κ3) is 3.33. The van der Waals surface area contributed by atoms with Gasteiger partial charge in [-0.1, -0.05) is 0 Å². The molecule has 0 aliphatic carbocycles. The highest BCUT2D eigenvalue weighted by Crippen LogP contribution is 2.21. The van der Waals surface area contributed by atoms with Gasteiger partial charge < -0.3 is 5.32 Å². The summed E-state index contributed by atoms with van der Waals surface area (Å²) in [5.74, 6) is 0. The fraction of sp³-hybridized carbons (Fsp3) is 0.500. The van der Waals surface area contributed by atoms with Crippen molar-refractivity contribution in [2.24, 2.45) is 0 Å². The highest BCUT2D eigenvalue weighted by atomic mass is 32.2. The van der Waals surface area contributed by atoms with Crippen LogP contribution in [0, 0.1) is 17.0 Å². The maximum absolute atomic E-state index is 12.3. The zero-order chi connectivity index (χ0) is 14.8. The maximum Gasteiger partial charge on any atom is 0.269 e. The first-order valence-corrected chi connectivity index (χ1v) is 7.86. The van der Waals surface area contributed by atoms with Crippen molar-refractivity contribution < 1.29 is 13.3 Å². The standard InChI is InChI=1S/C12H17N3O4S/c1-9-7-11(15(16)17)4-5-12(9)20(18,19)14-10-3-2-6-13-8-10/h4-5,7,10,13-14H,2-3,6,8H2,1H3/t10-/m1/s1. The van der Waals surface area contributed by atoms with Crippen LogP contribution in [0.15, 0.2) is 23.1 Å². The number of sulfonamides is 1. The second-order valence-corrected chi connectivity index (χ2v) is 6.55. The lowest BCUT2D eigenvalue weighted by molar-refractivity contribution is -0.385. The van der Waals surface area contributed by atoms with Gasteiger partial charge >= 0.3 is 0 Å². The molecule has 0 aromatic heterocycles. The minimum absolute atomic E-state index is 0.0914. The molecule has 1 fully saturated rings. The number of nitro benzene ring substituents is 1. The largest absolute Gasteiger partial charge is 0.315 e. The van der Waals surface area contributed by atoms with Crippen LogP contribution in [0.4, 0.5) is 5.69 Å². The second kappa shape index (κ2) is 5.86. The van der Waals surface area contributed by atoms with E-state index in [1.807, 2.05) is 0 Å². The molecular formula is C12H17N3O4S. The number of piperidine rings is 1. The Balaban J connectivity index is 2.22. The summed E-state index contributed by atoms with van der Waals surface area (Å²) in [6.45, 7) is 3.06. The SMILES string of the molecule is Cc1cc([N+](=O)[O-])ccc1S(=O)(=O)N[C@@H]1CCCNC1. The van der Waals surface area contributed by atoms with Gasteiger partial charge in [-0.2, -0.15) is 0 Å². The molecule has 0 amide bonds. The van der Waals surface area contributed by atoms with Crippen molar-refractivity contribution in [1.29, 1.82) is 0 Å². The highest BCUT2D eigenvalue weighted by molar-refractivity contribution is 7.89. The van der Waals surface area contributed by atoms with Gasteiger partial charge in [-0.25, -0.2) is 13.1 Å². The molecule has 0 bridgehead atoms. The molecule has 1 saturated heterocycles. The lowest BCUT2D eigenvalue weighted by Crippen LogP contribution is -2.45. The molecule has 110 valence electrons. The van der Waals surface area contributed by atoms with Gasteiger partial charge in [0.25, 0.3) is 5.69 Å². The predicted octanol–water partition coefficient (Wildman–Crippen LogP) is 0.934. The van der Waals surface area contributed by atoms with Crippen LogP contribution in [0.25, 0.3) is 0 Å². The van der Waals surface area contributed by atoms with E-state index in [1.54, 1.807) is 6.92 Å². The fourth-order valence-electron chi connectivity index (χ4n) is 2.28. The van der Waals surface area contributed by atoms with Crippen LogP contribution in [-0.4, -0.2) is 32.5 Å². The van der Waals surface area contributed by atoms with E-state index in [9.17, 15) is 18.5 Å². The minimum Gasteiger partial charge on any atom is -0.315 e. The first kappa shape index (κ1) is 14.9. The molecule has 7 nitrogen and oxygen atoms in total. The van der Waals surface area contributed by atoms with Crippen LogP contribution < -0.4 is 10.0 Å². The van der Waals surface area contributed by atoms with Gasteiger partial charge in [-0.05, 0) is 37.9 Å². The van der Waals surface area contributed by atoms with Crippen LogP contribution in [-0.2, 0) is 10.0 Å². The molecule has 1 atom stereocenters. The Labute approximate surface area is 117 Å². The molecule has 0 radical (unpaired) electrons. The van der Waals surface area contributed by atoms with E-state index in [4.69, 9.17) is 0 Å². The van der Waals surface area contributed by atoms with Crippen LogP contribution >= 0.6 is 0 Å². The van der Waals surface area contributed by atoms with Gasteiger partial charge in [0.15, 0.2) is 0 Å². The summed E-state index contributed by atoms with van der Waals surface area (Å²) in [7, 11) is -3.65. The molecule has 1 aliphatic rings. The quantitative estimate of drug-likeness (QED) is 0.636. The van der Waals surface area contributed by atoms with Gasteiger partial charge in [0, 0.05) is 24.7 Å². The van der Waals surface area contributed by atoms with E-state index in [0.29, 0.717) is 12.1 Å². The number of nitrogens with one attached hydrogen (secondary N) is 2. The summed E-state index contributed by atoms with van der Waals surface area (Å²) in [6.07, 6.45) is 1.71. The normalized spacial score (nSPS) is 19.8. The number of non-ortho nitro benzene ring substituents is 1. The van der Waals surface area contributed by atoms with Crippen molar-refractivity contribution >= 4 is 15.7 Å². The van der Waals surface area contributed by atoms with Gasteiger partial charge in [-0.15, -0.1) is 0 Å². The molecule has 2 N–H and O–H groups in total. The fourth-order valence-corrected chi connectivity index (χ4v) is 3.78. The minimum atomic E-state index is -3.65. The second-order valence-electron chi connectivity index (χ2n) is 4.87. The van der Waals surface area contributed by atoms with Crippen molar-refractivity contribution in [3.05, 3.63) is 33.9 Å². The number of rotatable bonds is 4. The number of benzene rings is 1. The predicted molar refractivity (Wildman–Crippen MR) is 74.0 cm³/mol. The molecule has 1 aromatic carbocycles. The van der Waals surface area contributed by atoms with Crippen molar-refractivity contribution in [1.82, 2.24) is 10.0 Å². The van der Waals surface area contributed by atoms with E-state index in [2.05, 4.69) is 10.0 Å². The third-order valence-corrected chi connectivity index (χ3v) is 4.96. The zero-order valence-corrected chi connectivity index (χ0v) is 11.9. The molecule has 1 heterocycles. The monoisotopic (exact) mass is 299 g/mol. The average molecular weight is 299 g/mol. The number of aryl methyl sites for hydroxylation is 1. The summed E-state index contributed by atoms with van der Waals surface area (Å²) in [5, 5.41) is 13.8. The number of hydrogen-bond acceptors (Lipinski definition) is 5. The summed E-state index contributed by atoms with van der Waals surface area (Å²) in [6, 6.07) is 3.63. The van der Waals surface area contributed by atoms with E-state index in [-0.39, 0.29) is 16.6 Å². The lowest BCUT2D eigenvalue weighted by Gasteiger charge is -2.23. The van der Waals surface area contributed by atoms with E-state index < -0.39 is 14.9 Å². The van der Waals surface area contributed by atoms with Gasteiger partial charge in [0.1, 0.15) is 0 Å². The molecule has 2 rings (SSSR count). The molecule has 8 heteroatoms. The Kier molecular flexibility index (Phi) is 4.36. The van der Waals surface area contributed by atoms with Gasteiger partial charge in [0.05, 0.1) is 9.82 Å². The first-order valence-electron chi connectivity index (χ1n) is 6.38. The van der Waals surface area contributed by atoms with Gasteiger partial charge in [-0.3, -0.25) is 10.1 Å². The van der Waals surface area contributed by atoms with E-state index in [0.717, 1.165) is 19.4 Å². The average Bonchev–Trinajstić information content (AvgIpc) is 2.38. The molecular weight excluding hydrogens is 282 g/mol. The van der Waals surface area contributed by atoms with Crippen LogP contribution in [0.1, 0.15) is 18.4 Å². The molecule has 20 heavy (non-hydrogen) atoms. The topological polar surface area (TPSA) is 101 Å². The summed E-state index contributed by atoms with van der Waals surface area (Å²) >= 11 is 0. The number of nitro groups is 1. The number of hydrogen-bond donors (Lipinski definition) is 2. The van der Waals surface area contributed by atoms with Crippen molar-refractivity contribution in [2.75, 3.05) is 13.1 Å². The van der Waals surface area contributed by atoms with E-state index >= 15 is 0 Å². The maximum atomic E-state index is 12.3. The van der Waals surface area contributed by atoms with Crippen LogP contribution in [0.2, 0.25) is 0 Å². The Morgan fingerprint density at radius 1 is 1.45 bits per heavy atom. The Hall–Kier alpha value is -1.51. The molecule has 0 unspecified atom stereocenters. The van der Waals surface area contributed by atoms with Crippen LogP contribution in [0.5, 0.6) is 0 Å². The highest BCUT2D eigenvalue weighted by Gasteiger charge is 2.24. The van der Waals surface area contributed by atoms with Crippen molar-refractivity contribution in [3.63, 3.8) is 0 Å². The van der Waals surface area contributed by atoms with Crippen LogP contribution in [0.3, 0.4) is 0 Å². The van der Waals surface area contributed by atoms with Crippen molar-refractivity contribution in [2.45, 2.75) is 30.7 Å². The molecule has 1 aliphatic heterocycles. The molecule has 1 aromatic rings. The van der Waals surface area contributed by atoms with Gasteiger partial charge in [0.2, 0.25) is 10.0 Å². The Morgan fingerprint density at radius 3 is 2.75 bits per heavy atom. The Bertz CT molecular complexity index is 609. The zero-order valence-electron chi connectivity index (χ0n) is 11.1. The number of nitrogens with zero attached hydrogens (tertiary/aromatic N) is 1.